The van der Waals surface area contributed by atoms with Crippen LogP contribution in [0.1, 0.15) is 37.2 Å². The highest BCUT2D eigenvalue weighted by Crippen LogP contribution is 2.40. The third-order valence-corrected chi connectivity index (χ3v) is 5.09. The molecule has 4 N–H and O–H groups in total. The summed E-state index contributed by atoms with van der Waals surface area (Å²) < 4.78 is 11.2. The molecule has 24 heavy (non-hydrogen) atoms. The molecule has 2 fully saturated rings. The third-order valence-electron chi connectivity index (χ3n) is 4.86. The van der Waals surface area contributed by atoms with Crippen LogP contribution in [0.2, 0.25) is 5.02 Å². The van der Waals surface area contributed by atoms with E-state index in [4.69, 9.17) is 21.1 Å². The van der Waals surface area contributed by atoms with Gasteiger partial charge in [0, 0.05) is 5.02 Å². The molecule has 134 valence electrons. The largest absolute Gasteiger partial charge is 0.462 e. The van der Waals surface area contributed by atoms with Gasteiger partial charge in [-0.2, -0.15) is 0 Å². The van der Waals surface area contributed by atoms with E-state index >= 15 is 0 Å². The standard InChI is InChI=1S/C17H23ClO6/c18-10-5-6-12(11(7-10)9-3-1-2-4-9)23-17-16(22)15(21)14(20)13(8-19)24-17/h5-7,9,13-17,19-22H,1-4,8H2/t13?,14-,15-,16?,17+/m0/s1. The zero-order valence-electron chi connectivity index (χ0n) is 13.2. The van der Waals surface area contributed by atoms with Crippen molar-refractivity contribution in [3.8, 4) is 5.75 Å². The smallest absolute Gasteiger partial charge is 0.229 e. The molecule has 1 saturated heterocycles. The maximum Gasteiger partial charge on any atom is 0.229 e. The molecule has 0 spiro atoms. The number of halogens is 1. The minimum atomic E-state index is -1.46. The summed E-state index contributed by atoms with van der Waals surface area (Å²) in [5.74, 6) is 0.874. The highest BCUT2D eigenvalue weighted by molar-refractivity contribution is 6.30. The van der Waals surface area contributed by atoms with Gasteiger partial charge in [-0.1, -0.05) is 24.4 Å². The van der Waals surface area contributed by atoms with Crippen molar-refractivity contribution >= 4 is 11.6 Å². The molecule has 0 aromatic heterocycles. The van der Waals surface area contributed by atoms with Crippen LogP contribution in [-0.2, 0) is 4.74 Å². The number of ether oxygens (including phenoxy) is 2. The number of benzene rings is 1. The fraction of sp³-hybridized carbons (Fsp3) is 0.647. The van der Waals surface area contributed by atoms with Gasteiger partial charge in [0.2, 0.25) is 6.29 Å². The van der Waals surface area contributed by atoms with Crippen molar-refractivity contribution in [3.05, 3.63) is 28.8 Å². The molecule has 5 atom stereocenters. The lowest BCUT2D eigenvalue weighted by Gasteiger charge is -2.39. The summed E-state index contributed by atoms with van der Waals surface area (Å²) in [6.07, 6.45) is -2.05. The highest BCUT2D eigenvalue weighted by Gasteiger charge is 2.45. The Morgan fingerprint density at radius 1 is 1.08 bits per heavy atom. The topological polar surface area (TPSA) is 99.4 Å². The minimum Gasteiger partial charge on any atom is -0.462 e. The van der Waals surface area contributed by atoms with Crippen LogP contribution < -0.4 is 4.74 Å². The van der Waals surface area contributed by atoms with Crippen LogP contribution in [0.4, 0.5) is 0 Å². The molecule has 6 nitrogen and oxygen atoms in total. The average molecular weight is 359 g/mol. The van der Waals surface area contributed by atoms with Gasteiger partial charge in [0.25, 0.3) is 0 Å². The molecule has 1 aliphatic heterocycles. The molecule has 2 aliphatic rings. The van der Waals surface area contributed by atoms with E-state index in [2.05, 4.69) is 0 Å². The first-order valence-electron chi connectivity index (χ1n) is 8.28. The van der Waals surface area contributed by atoms with Gasteiger partial charge >= 0.3 is 0 Å². The van der Waals surface area contributed by atoms with E-state index < -0.39 is 37.3 Å². The molecule has 0 radical (unpaired) electrons. The van der Waals surface area contributed by atoms with Gasteiger partial charge < -0.3 is 29.9 Å². The van der Waals surface area contributed by atoms with E-state index in [0.717, 1.165) is 31.2 Å². The number of aliphatic hydroxyl groups excluding tert-OH is 4. The predicted octanol–water partition coefficient (Wildman–Crippen LogP) is 1.18. The fourth-order valence-electron chi connectivity index (χ4n) is 3.47. The molecule has 0 amide bonds. The van der Waals surface area contributed by atoms with Crippen molar-refractivity contribution in [1.29, 1.82) is 0 Å². The minimum absolute atomic E-state index is 0.337. The summed E-state index contributed by atoms with van der Waals surface area (Å²) in [7, 11) is 0. The highest BCUT2D eigenvalue weighted by atomic mass is 35.5. The van der Waals surface area contributed by atoms with Gasteiger partial charge in [-0.05, 0) is 42.5 Å². The van der Waals surface area contributed by atoms with Gasteiger partial charge in [0.15, 0.2) is 0 Å². The Bertz CT molecular complexity index is 560. The average Bonchev–Trinajstić information content (AvgIpc) is 3.11. The molecule has 1 saturated carbocycles. The van der Waals surface area contributed by atoms with Crippen molar-refractivity contribution < 1.29 is 29.9 Å². The number of hydrogen-bond donors (Lipinski definition) is 4. The van der Waals surface area contributed by atoms with E-state index in [1.54, 1.807) is 12.1 Å². The molecular formula is C17H23ClO6. The Morgan fingerprint density at radius 2 is 1.79 bits per heavy atom. The van der Waals surface area contributed by atoms with Gasteiger partial charge in [-0.25, -0.2) is 0 Å². The van der Waals surface area contributed by atoms with Crippen molar-refractivity contribution in [2.24, 2.45) is 0 Å². The molecule has 7 heteroatoms. The van der Waals surface area contributed by atoms with E-state index in [1.165, 1.54) is 0 Å². The molecule has 2 unspecified atom stereocenters. The molecule has 1 aliphatic carbocycles. The van der Waals surface area contributed by atoms with E-state index in [9.17, 15) is 20.4 Å². The van der Waals surface area contributed by atoms with Crippen LogP contribution in [0, 0.1) is 0 Å². The monoisotopic (exact) mass is 358 g/mol. The van der Waals surface area contributed by atoms with Crippen LogP contribution in [-0.4, -0.2) is 57.7 Å². The first-order chi connectivity index (χ1) is 11.5. The summed E-state index contributed by atoms with van der Waals surface area (Å²) in [6, 6.07) is 5.27. The van der Waals surface area contributed by atoms with Crippen molar-refractivity contribution in [3.63, 3.8) is 0 Å². The first-order valence-corrected chi connectivity index (χ1v) is 8.65. The molecule has 0 bridgehead atoms. The van der Waals surface area contributed by atoms with Crippen LogP contribution in [0.15, 0.2) is 18.2 Å². The van der Waals surface area contributed by atoms with Crippen LogP contribution >= 0.6 is 11.6 Å². The lowest BCUT2D eigenvalue weighted by molar-refractivity contribution is -0.277. The molecule has 1 aromatic carbocycles. The number of aliphatic hydroxyl groups is 4. The summed E-state index contributed by atoms with van der Waals surface area (Å²) in [5.41, 5.74) is 0.956. The second-order valence-corrected chi connectivity index (χ2v) is 6.92. The van der Waals surface area contributed by atoms with Gasteiger partial charge in [0.1, 0.15) is 30.2 Å². The molecule has 1 aromatic rings. The van der Waals surface area contributed by atoms with Crippen LogP contribution in [0.3, 0.4) is 0 Å². The molecule has 1 heterocycles. The Kier molecular flexibility index (Phi) is 5.64. The molecular weight excluding hydrogens is 336 g/mol. The first kappa shape index (κ1) is 17.9. The maximum atomic E-state index is 10.1. The summed E-state index contributed by atoms with van der Waals surface area (Å²) in [6.45, 7) is -0.485. The van der Waals surface area contributed by atoms with Crippen molar-refractivity contribution in [2.45, 2.75) is 62.3 Å². The normalized spacial score (nSPS) is 34.5. The van der Waals surface area contributed by atoms with Crippen LogP contribution in [0.5, 0.6) is 5.75 Å². The second kappa shape index (κ2) is 7.56. The quantitative estimate of drug-likeness (QED) is 0.645. The zero-order valence-corrected chi connectivity index (χ0v) is 14.0. The maximum absolute atomic E-state index is 10.1. The van der Waals surface area contributed by atoms with Crippen molar-refractivity contribution in [1.82, 2.24) is 0 Å². The zero-order chi connectivity index (χ0) is 17.3. The third kappa shape index (κ3) is 3.54. The SMILES string of the molecule is OCC1O[C@@H](Oc2ccc(Cl)cc2C2CCCC2)C(O)[C@@H](O)[C@H]1O. The number of hydrogen-bond acceptors (Lipinski definition) is 6. The Hall–Kier alpha value is -0.890. The summed E-state index contributed by atoms with van der Waals surface area (Å²) >= 11 is 6.11. The van der Waals surface area contributed by atoms with Crippen molar-refractivity contribution in [2.75, 3.05) is 6.61 Å². The molecule has 3 rings (SSSR count). The van der Waals surface area contributed by atoms with Gasteiger partial charge in [-0.3, -0.25) is 0 Å². The van der Waals surface area contributed by atoms with Crippen LogP contribution in [0.25, 0.3) is 0 Å². The Morgan fingerprint density at radius 3 is 2.46 bits per heavy atom. The Balaban J connectivity index is 1.82. The van der Waals surface area contributed by atoms with E-state index in [0.29, 0.717) is 16.7 Å². The number of rotatable bonds is 4. The fourth-order valence-corrected chi connectivity index (χ4v) is 3.65. The summed E-state index contributed by atoms with van der Waals surface area (Å²) in [5, 5.41) is 39.7. The lowest BCUT2D eigenvalue weighted by Crippen LogP contribution is -2.60. The lowest BCUT2D eigenvalue weighted by atomic mass is 9.96. The van der Waals surface area contributed by atoms with E-state index in [-0.39, 0.29) is 0 Å². The Labute approximate surface area is 145 Å². The predicted molar refractivity (Wildman–Crippen MR) is 87.1 cm³/mol. The van der Waals surface area contributed by atoms with Gasteiger partial charge in [-0.15, -0.1) is 0 Å². The summed E-state index contributed by atoms with van der Waals surface area (Å²) in [4.78, 5) is 0. The van der Waals surface area contributed by atoms with E-state index in [1.807, 2.05) is 6.07 Å². The second-order valence-electron chi connectivity index (χ2n) is 6.48. The van der Waals surface area contributed by atoms with Gasteiger partial charge in [0.05, 0.1) is 6.61 Å².